The van der Waals surface area contributed by atoms with Crippen LogP contribution >= 0.6 is 0 Å². The van der Waals surface area contributed by atoms with Gasteiger partial charge < -0.3 is 14.4 Å². The molecule has 119 valence electrons. The molecule has 3 rings (SSSR count). The third-order valence-corrected chi connectivity index (χ3v) is 4.03. The van der Waals surface area contributed by atoms with Crippen LogP contribution in [0.5, 0.6) is 0 Å². The van der Waals surface area contributed by atoms with Crippen LogP contribution < -0.4 is 5.23 Å². The van der Waals surface area contributed by atoms with E-state index in [9.17, 15) is 0 Å². The van der Waals surface area contributed by atoms with Crippen LogP contribution in [0.1, 0.15) is 25.6 Å². The predicted octanol–water partition coefficient (Wildman–Crippen LogP) is 2.70. The molecule has 1 aromatic carbocycles. The van der Waals surface area contributed by atoms with Crippen molar-refractivity contribution in [3.05, 3.63) is 36.3 Å². The Morgan fingerprint density at radius 1 is 1.22 bits per heavy atom. The first kappa shape index (κ1) is 16.0. The second-order valence-electron chi connectivity index (χ2n) is 5.56. The van der Waals surface area contributed by atoms with Gasteiger partial charge >= 0.3 is 7.62 Å². The van der Waals surface area contributed by atoms with E-state index in [-0.39, 0.29) is 0 Å². The number of para-hydroxylation sites is 1. The predicted molar refractivity (Wildman–Crippen MR) is 94.4 cm³/mol. The van der Waals surface area contributed by atoms with Crippen LogP contribution in [0.3, 0.4) is 0 Å². The lowest BCUT2D eigenvalue weighted by Gasteiger charge is -2.10. The van der Waals surface area contributed by atoms with E-state index in [2.05, 4.69) is 39.9 Å². The first-order chi connectivity index (χ1) is 11.3. The van der Waals surface area contributed by atoms with Crippen LogP contribution in [0.15, 0.2) is 30.5 Å². The van der Waals surface area contributed by atoms with Gasteiger partial charge in [-0.25, -0.2) is 4.98 Å². The van der Waals surface area contributed by atoms with Gasteiger partial charge in [-0.1, -0.05) is 25.1 Å². The van der Waals surface area contributed by atoms with Crippen LogP contribution in [-0.2, 0) is 17.6 Å². The van der Waals surface area contributed by atoms with Gasteiger partial charge in [-0.3, -0.25) is 4.98 Å². The topological polar surface area (TPSA) is 52.0 Å². The third-order valence-electron chi connectivity index (χ3n) is 4.03. The molecule has 1 N–H and O–H groups in total. The van der Waals surface area contributed by atoms with Gasteiger partial charge in [-0.2, -0.15) is 0 Å². The summed E-state index contributed by atoms with van der Waals surface area (Å²) in [7, 11) is 3.28. The summed E-state index contributed by atoms with van der Waals surface area (Å²) >= 11 is 0. The molecule has 5 nitrogen and oxygen atoms in total. The van der Waals surface area contributed by atoms with E-state index >= 15 is 0 Å². The average molecular weight is 309 g/mol. The number of aromatic nitrogens is 3. The smallest absolute Gasteiger partial charge is 0.395 e. The fourth-order valence-electron chi connectivity index (χ4n) is 2.96. The second-order valence-corrected chi connectivity index (χ2v) is 5.56. The minimum Gasteiger partial charge on any atom is -0.427 e. The van der Waals surface area contributed by atoms with E-state index < -0.39 is 0 Å². The van der Waals surface area contributed by atoms with E-state index in [0.29, 0.717) is 0 Å². The van der Waals surface area contributed by atoms with E-state index in [1.807, 2.05) is 12.3 Å². The molecular formula is C17H22BN4O. The molecular weight excluding hydrogens is 287 g/mol. The van der Waals surface area contributed by atoms with Crippen molar-refractivity contribution < 1.29 is 4.65 Å². The molecule has 0 saturated carbocycles. The number of nitrogens with zero attached hydrogens (tertiary/aromatic N) is 3. The van der Waals surface area contributed by atoms with Gasteiger partial charge in [0.1, 0.15) is 11.3 Å². The SMILES string of the molecule is CCc1nc2cnc3ccccc3c2n1CCCCN[B]OC. The lowest BCUT2D eigenvalue weighted by molar-refractivity contribution is 0.429. The van der Waals surface area contributed by atoms with Crippen LogP contribution in [0.4, 0.5) is 0 Å². The molecule has 2 heterocycles. The Kier molecular flexibility index (Phi) is 5.25. The molecule has 0 aliphatic heterocycles. The summed E-state index contributed by atoms with van der Waals surface area (Å²) in [6, 6.07) is 8.29. The maximum absolute atomic E-state index is 4.88. The van der Waals surface area contributed by atoms with Crippen molar-refractivity contribution >= 4 is 29.6 Å². The number of hydrogen-bond donors (Lipinski definition) is 1. The van der Waals surface area contributed by atoms with Crippen molar-refractivity contribution in [1.29, 1.82) is 0 Å². The summed E-state index contributed by atoms with van der Waals surface area (Å²) in [6.07, 6.45) is 5.01. The quantitative estimate of drug-likeness (QED) is 0.513. The summed E-state index contributed by atoms with van der Waals surface area (Å²) < 4.78 is 7.24. The Labute approximate surface area is 137 Å². The summed E-state index contributed by atoms with van der Waals surface area (Å²) in [5.74, 6) is 1.13. The Morgan fingerprint density at radius 3 is 2.91 bits per heavy atom. The Hall–Kier alpha value is -1.92. The van der Waals surface area contributed by atoms with Gasteiger partial charge in [0, 0.05) is 25.5 Å². The highest BCUT2D eigenvalue weighted by molar-refractivity contribution is 6.23. The van der Waals surface area contributed by atoms with E-state index in [4.69, 9.17) is 9.64 Å². The van der Waals surface area contributed by atoms with Crippen LogP contribution in [0, 0.1) is 0 Å². The van der Waals surface area contributed by atoms with E-state index in [1.165, 1.54) is 10.9 Å². The van der Waals surface area contributed by atoms with Crippen LogP contribution in [-0.4, -0.2) is 35.8 Å². The number of nitrogens with one attached hydrogen (secondary N) is 1. The molecule has 0 spiro atoms. The zero-order chi connectivity index (χ0) is 16.1. The molecule has 6 heteroatoms. The average Bonchev–Trinajstić information content (AvgIpc) is 2.96. The summed E-state index contributed by atoms with van der Waals surface area (Å²) in [6.45, 7) is 4.05. The fraction of sp³-hybridized carbons (Fsp3) is 0.412. The molecule has 0 aliphatic carbocycles. The maximum Gasteiger partial charge on any atom is 0.395 e. The van der Waals surface area contributed by atoms with E-state index in [1.54, 1.807) is 14.7 Å². The van der Waals surface area contributed by atoms with Crippen molar-refractivity contribution in [3.8, 4) is 0 Å². The minimum atomic E-state index is 0.921. The van der Waals surface area contributed by atoms with Gasteiger partial charge in [-0.05, 0) is 25.5 Å². The van der Waals surface area contributed by atoms with Crippen molar-refractivity contribution in [2.24, 2.45) is 0 Å². The number of unbranched alkanes of at least 4 members (excludes halogenated alkanes) is 1. The van der Waals surface area contributed by atoms with Gasteiger partial charge in [-0.15, -0.1) is 0 Å². The number of imidazole rings is 1. The highest BCUT2D eigenvalue weighted by Crippen LogP contribution is 2.25. The van der Waals surface area contributed by atoms with Gasteiger partial charge in [0.2, 0.25) is 0 Å². The number of aryl methyl sites for hydroxylation is 2. The molecule has 3 aromatic rings. The van der Waals surface area contributed by atoms with Gasteiger partial charge in [0.25, 0.3) is 0 Å². The van der Waals surface area contributed by atoms with Crippen LogP contribution in [0.25, 0.3) is 21.9 Å². The Balaban J connectivity index is 1.86. The van der Waals surface area contributed by atoms with Gasteiger partial charge in [0.15, 0.2) is 0 Å². The molecule has 0 fully saturated rings. The normalized spacial score (nSPS) is 11.4. The maximum atomic E-state index is 4.88. The first-order valence-corrected chi connectivity index (χ1v) is 8.16. The second kappa shape index (κ2) is 7.57. The number of hydrogen-bond acceptors (Lipinski definition) is 4. The summed E-state index contributed by atoms with van der Waals surface area (Å²) in [5.41, 5.74) is 3.23. The standard InChI is InChI=1S/C17H22BN4O/c1-3-16-21-15-12-19-14-9-5-4-8-13(14)17(15)22(16)11-7-6-10-20-18-23-2/h4-5,8-9,12,20H,3,6-7,10-11H2,1-2H3. The first-order valence-electron chi connectivity index (χ1n) is 8.16. The number of rotatable bonds is 8. The number of fused-ring (bicyclic) bond motifs is 3. The molecule has 2 aromatic heterocycles. The van der Waals surface area contributed by atoms with Crippen molar-refractivity contribution in [1.82, 2.24) is 19.8 Å². The summed E-state index contributed by atoms with van der Waals surface area (Å²) in [5, 5.41) is 4.31. The zero-order valence-electron chi connectivity index (χ0n) is 13.7. The monoisotopic (exact) mass is 309 g/mol. The number of benzene rings is 1. The Morgan fingerprint density at radius 2 is 2.09 bits per heavy atom. The minimum absolute atomic E-state index is 0.921. The fourth-order valence-corrected chi connectivity index (χ4v) is 2.96. The molecule has 23 heavy (non-hydrogen) atoms. The van der Waals surface area contributed by atoms with Crippen molar-refractivity contribution in [2.75, 3.05) is 13.7 Å². The number of pyridine rings is 1. The summed E-state index contributed by atoms with van der Waals surface area (Å²) in [4.78, 5) is 9.29. The molecule has 0 aliphatic rings. The highest BCUT2D eigenvalue weighted by atomic mass is 16.4. The third kappa shape index (κ3) is 3.38. The Bertz CT molecular complexity index is 787. The lowest BCUT2D eigenvalue weighted by Crippen LogP contribution is -2.22. The molecule has 0 unspecified atom stereocenters. The molecule has 0 saturated heterocycles. The molecule has 0 bridgehead atoms. The van der Waals surface area contributed by atoms with E-state index in [0.717, 1.165) is 49.2 Å². The zero-order valence-corrected chi connectivity index (χ0v) is 13.7. The molecule has 0 atom stereocenters. The van der Waals surface area contributed by atoms with Crippen molar-refractivity contribution in [3.63, 3.8) is 0 Å². The van der Waals surface area contributed by atoms with Gasteiger partial charge in [0.05, 0.1) is 17.2 Å². The molecule has 1 radical (unpaired) electrons. The molecule has 0 amide bonds. The van der Waals surface area contributed by atoms with Crippen molar-refractivity contribution in [2.45, 2.75) is 32.7 Å². The highest BCUT2D eigenvalue weighted by Gasteiger charge is 2.12. The lowest BCUT2D eigenvalue weighted by atomic mass is 10.2. The largest absolute Gasteiger partial charge is 0.427 e. The van der Waals surface area contributed by atoms with Crippen LogP contribution in [0.2, 0.25) is 0 Å².